The van der Waals surface area contributed by atoms with Gasteiger partial charge in [0.2, 0.25) is 10.0 Å². The molecular weight excluding hydrogens is 499 g/mol. The van der Waals surface area contributed by atoms with Crippen LogP contribution in [0.3, 0.4) is 0 Å². The third-order valence-corrected chi connectivity index (χ3v) is 8.09. The minimum absolute atomic E-state index is 0.00145. The van der Waals surface area contributed by atoms with E-state index in [1.165, 1.54) is 12.1 Å². The number of sulfonamides is 1. The maximum atomic E-state index is 14.6. The smallest absolute Gasteiger partial charge is 0.320 e. The number of carbonyl (C=O) groups is 2. The summed E-state index contributed by atoms with van der Waals surface area (Å²) in [4.78, 5) is 34.6. The fourth-order valence-electron chi connectivity index (χ4n) is 4.71. The molecule has 3 amide bonds. The fourth-order valence-corrected chi connectivity index (χ4v) is 6.19. The molecular formula is C22H28ClFN6O4S. The number of benzene rings is 1. The number of aromatic nitrogens is 2. The molecule has 4 rings (SSSR count). The molecule has 1 aromatic carbocycles. The van der Waals surface area contributed by atoms with Crippen molar-refractivity contribution in [1.29, 1.82) is 0 Å². The molecule has 35 heavy (non-hydrogen) atoms. The minimum Gasteiger partial charge on any atom is -0.340 e. The maximum Gasteiger partial charge on any atom is 0.320 e. The van der Waals surface area contributed by atoms with Crippen molar-refractivity contribution in [3.63, 3.8) is 0 Å². The molecule has 0 radical (unpaired) electrons. The quantitative estimate of drug-likeness (QED) is 0.537. The van der Waals surface area contributed by atoms with E-state index in [9.17, 15) is 22.4 Å². The molecule has 1 saturated carbocycles. The van der Waals surface area contributed by atoms with Gasteiger partial charge in [-0.15, -0.1) is 4.83 Å². The Morgan fingerprint density at radius 2 is 2.03 bits per heavy atom. The molecule has 2 N–H and O–H groups in total. The van der Waals surface area contributed by atoms with Crippen LogP contribution in [0.5, 0.6) is 0 Å². The molecule has 1 aliphatic carbocycles. The number of imidazole rings is 1. The van der Waals surface area contributed by atoms with Gasteiger partial charge in [-0.2, -0.15) is 0 Å². The maximum absolute atomic E-state index is 14.6. The summed E-state index contributed by atoms with van der Waals surface area (Å²) in [5.74, 6) is -2.31. The van der Waals surface area contributed by atoms with Crippen LogP contribution in [0, 0.1) is 11.7 Å². The SMILES string of the molecule is CN1CCN(C2CCCC(CS(=O)(=O)NNC(=O)c3cc(-c4cn(C)cn4)cc(Cl)c3F)C2)C1=O. The normalized spacial score (nSPS) is 21.0. The van der Waals surface area contributed by atoms with Crippen molar-refractivity contribution in [2.45, 2.75) is 31.7 Å². The fraction of sp³-hybridized carbons (Fsp3) is 0.500. The lowest BCUT2D eigenvalue weighted by molar-refractivity contribution is 0.0940. The molecule has 0 spiro atoms. The van der Waals surface area contributed by atoms with Gasteiger partial charge in [0.15, 0.2) is 5.82 Å². The van der Waals surface area contributed by atoms with E-state index in [-0.39, 0.29) is 28.8 Å². The Kier molecular flexibility index (Phi) is 7.34. The number of nitrogens with one attached hydrogen (secondary N) is 2. The number of rotatable bonds is 7. The molecule has 2 unspecified atom stereocenters. The number of amides is 3. The number of urea groups is 1. The zero-order valence-corrected chi connectivity index (χ0v) is 21.1. The van der Waals surface area contributed by atoms with E-state index in [1.54, 1.807) is 36.1 Å². The average Bonchev–Trinajstić information content (AvgIpc) is 3.39. The zero-order chi connectivity index (χ0) is 25.3. The molecule has 0 bridgehead atoms. The Morgan fingerprint density at radius 1 is 1.26 bits per heavy atom. The summed E-state index contributed by atoms with van der Waals surface area (Å²) < 4.78 is 41.6. The second-order valence-electron chi connectivity index (χ2n) is 9.17. The van der Waals surface area contributed by atoms with Gasteiger partial charge in [-0.1, -0.05) is 18.0 Å². The lowest BCUT2D eigenvalue weighted by Crippen LogP contribution is -2.46. The number of aryl methyl sites for hydroxylation is 1. The first-order chi connectivity index (χ1) is 16.5. The summed E-state index contributed by atoms with van der Waals surface area (Å²) in [6.07, 6.45) is 6.17. The molecule has 2 heterocycles. The van der Waals surface area contributed by atoms with Gasteiger partial charge in [0.05, 0.1) is 28.4 Å². The standard InChI is InChI=1S/C22H28ClFN6O4S/c1-28-11-19(25-13-28)15-9-17(20(24)18(23)10-15)21(31)26-27-35(33,34)12-14-4-3-5-16(8-14)30-7-6-29(2)22(30)32/h9-11,13-14,16,27H,3-8,12H2,1-2H3,(H,26,31). The van der Waals surface area contributed by atoms with Gasteiger partial charge in [0.25, 0.3) is 5.91 Å². The molecule has 1 aromatic heterocycles. The lowest BCUT2D eigenvalue weighted by atomic mass is 9.86. The molecule has 2 aromatic rings. The van der Waals surface area contributed by atoms with Crippen LogP contribution >= 0.6 is 11.6 Å². The predicted octanol–water partition coefficient (Wildman–Crippen LogP) is 2.37. The predicted molar refractivity (Wildman–Crippen MR) is 128 cm³/mol. The molecule has 2 fully saturated rings. The van der Waals surface area contributed by atoms with Crippen molar-refractivity contribution < 1.29 is 22.4 Å². The highest BCUT2D eigenvalue weighted by Crippen LogP contribution is 2.30. The first-order valence-corrected chi connectivity index (χ1v) is 13.4. The Balaban J connectivity index is 1.39. The highest BCUT2D eigenvalue weighted by molar-refractivity contribution is 7.89. The molecule has 1 saturated heterocycles. The number of likely N-dealkylation sites (N-methyl/N-ethyl adjacent to an activating group) is 1. The van der Waals surface area contributed by atoms with Crippen molar-refractivity contribution in [2.24, 2.45) is 13.0 Å². The number of hydrogen-bond acceptors (Lipinski definition) is 5. The molecule has 1 aliphatic heterocycles. The summed E-state index contributed by atoms with van der Waals surface area (Å²) in [5.41, 5.74) is 2.58. The molecule has 2 aliphatic rings. The summed E-state index contributed by atoms with van der Waals surface area (Å²) in [7, 11) is -0.389. The van der Waals surface area contributed by atoms with E-state index in [0.717, 1.165) is 12.8 Å². The van der Waals surface area contributed by atoms with Crippen molar-refractivity contribution >= 4 is 33.6 Å². The van der Waals surface area contributed by atoms with Gasteiger partial charge in [-0.25, -0.2) is 22.6 Å². The van der Waals surface area contributed by atoms with Crippen LogP contribution in [0.1, 0.15) is 36.0 Å². The molecule has 13 heteroatoms. The van der Waals surface area contributed by atoms with Crippen LogP contribution in [0.25, 0.3) is 11.3 Å². The van der Waals surface area contributed by atoms with E-state index in [4.69, 9.17) is 11.6 Å². The van der Waals surface area contributed by atoms with E-state index < -0.39 is 27.3 Å². The van der Waals surface area contributed by atoms with E-state index in [0.29, 0.717) is 37.2 Å². The van der Waals surface area contributed by atoms with Gasteiger partial charge >= 0.3 is 6.03 Å². The number of nitrogens with zero attached hydrogens (tertiary/aromatic N) is 4. The Morgan fingerprint density at radius 3 is 2.69 bits per heavy atom. The van der Waals surface area contributed by atoms with Crippen LogP contribution < -0.4 is 10.3 Å². The van der Waals surface area contributed by atoms with Crippen molar-refractivity contribution in [3.8, 4) is 11.3 Å². The first-order valence-electron chi connectivity index (χ1n) is 11.3. The third-order valence-electron chi connectivity index (χ3n) is 6.49. The zero-order valence-electron chi connectivity index (χ0n) is 19.5. The van der Waals surface area contributed by atoms with Gasteiger partial charge in [0.1, 0.15) is 0 Å². The van der Waals surface area contributed by atoms with Gasteiger partial charge in [0, 0.05) is 45.0 Å². The summed E-state index contributed by atoms with van der Waals surface area (Å²) in [6.45, 7) is 1.30. The second-order valence-corrected chi connectivity index (χ2v) is 11.3. The van der Waals surface area contributed by atoms with E-state index in [2.05, 4.69) is 15.2 Å². The molecule has 2 atom stereocenters. The molecule has 10 nitrogen and oxygen atoms in total. The minimum atomic E-state index is -3.90. The van der Waals surface area contributed by atoms with Crippen molar-refractivity contribution in [3.05, 3.63) is 41.1 Å². The average molecular weight is 527 g/mol. The number of hydrazine groups is 1. The highest BCUT2D eigenvalue weighted by Gasteiger charge is 2.36. The first kappa shape index (κ1) is 25.4. The monoisotopic (exact) mass is 526 g/mol. The Hall–Kier alpha value is -2.70. The van der Waals surface area contributed by atoms with E-state index >= 15 is 0 Å². The number of hydrogen-bond donors (Lipinski definition) is 2. The van der Waals surface area contributed by atoms with Gasteiger partial charge in [-0.05, 0) is 37.3 Å². The van der Waals surface area contributed by atoms with Crippen LogP contribution in [0.4, 0.5) is 9.18 Å². The topological polar surface area (TPSA) is 117 Å². The van der Waals surface area contributed by atoms with Crippen LogP contribution in [-0.4, -0.2) is 71.6 Å². The van der Waals surface area contributed by atoms with E-state index in [1.807, 2.05) is 4.90 Å². The Labute approximate surface area is 208 Å². The van der Waals surface area contributed by atoms with Crippen LogP contribution in [-0.2, 0) is 17.1 Å². The van der Waals surface area contributed by atoms with Crippen molar-refractivity contribution in [2.75, 3.05) is 25.9 Å². The van der Waals surface area contributed by atoms with Crippen LogP contribution in [0.15, 0.2) is 24.7 Å². The second kappa shape index (κ2) is 10.1. The third kappa shape index (κ3) is 5.76. The summed E-state index contributed by atoms with van der Waals surface area (Å²) in [5, 5.41) is -0.281. The lowest BCUT2D eigenvalue weighted by Gasteiger charge is -2.34. The number of halogens is 2. The van der Waals surface area contributed by atoms with Gasteiger partial charge in [-0.3, -0.25) is 10.2 Å². The van der Waals surface area contributed by atoms with Gasteiger partial charge < -0.3 is 14.4 Å². The van der Waals surface area contributed by atoms with Crippen molar-refractivity contribution in [1.82, 2.24) is 29.6 Å². The summed E-state index contributed by atoms with van der Waals surface area (Å²) >= 11 is 5.97. The highest BCUT2D eigenvalue weighted by atomic mass is 35.5. The largest absolute Gasteiger partial charge is 0.340 e. The molecule has 190 valence electrons. The van der Waals surface area contributed by atoms with Crippen LogP contribution in [0.2, 0.25) is 5.02 Å². The summed E-state index contributed by atoms with van der Waals surface area (Å²) in [6, 6.07) is 2.59. The number of carbonyl (C=O) groups excluding carboxylic acids is 2. The Bertz CT molecular complexity index is 1240.